The second-order valence-corrected chi connectivity index (χ2v) is 9.39. The number of fused-ring (bicyclic) bond motifs is 1. The maximum Gasteiger partial charge on any atom is 0.323 e. The number of methoxy groups -OCH3 is 1. The van der Waals surface area contributed by atoms with Gasteiger partial charge in [0.15, 0.2) is 0 Å². The summed E-state index contributed by atoms with van der Waals surface area (Å²) in [6.07, 6.45) is 3.38. The van der Waals surface area contributed by atoms with Crippen LogP contribution in [0.5, 0.6) is 0 Å². The molecule has 4 rings (SSSR count). The van der Waals surface area contributed by atoms with Gasteiger partial charge in [-0.1, -0.05) is 6.07 Å². The molecule has 0 saturated carbocycles. The van der Waals surface area contributed by atoms with Crippen LogP contribution in [0.25, 0.3) is 22.4 Å². The number of aryl methyl sites for hydroxylation is 2. The van der Waals surface area contributed by atoms with Crippen molar-refractivity contribution in [2.45, 2.75) is 51.9 Å². The Morgan fingerprint density at radius 2 is 2.03 bits per heavy atom. The van der Waals surface area contributed by atoms with Gasteiger partial charge >= 0.3 is 5.97 Å². The summed E-state index contributed by atoms with van der Waals surface area (Å²) >= 11 is 0. The van der Waals surface area contributed by atoms with Crippen LogP contribution in [0, 0.1) is 12.8 Å². The van der Waals surface area contributed by atoms with E-state index < -0.39 is 18.1 Å². The van der Waals surface area contributed by atoms with E-state index in [1.54, 1.807) is 18.5 Å². The molecule has 196 valence electrons. The van der Waals surface area contributed by atoms with Crippen molar-refractivity contribution in [3.05, 3.63) is 51.9 Å². The molecule has 10 heteroatoms. The van der Waals surface area contributed by atoms with Crippen molar-refractivity contribution < 1.29 is 19.4 Å². The lowest BCUT2D eigenvalue weighted by Gasteiger charge is -2.23. The molecular weight excluding hydrogens is 484 g/mol. The number of hydrogen-bond acceptors (Lipinski definition) is 6. The smallest absolute Gasteiger partial charge is 0.323 e. The van der Waals surface area contributed by atoms with Gasteiger partial charge < -0.3 is 23.7 Å². The monoisotopic (exact) mass is 518 g/mol. The predicted molar refractivity (Wildman–Crippen MR) is 141 cm³/mol. The van der Waals surface area contributed by atoms with Gasteiger partial charge in [0.25, 0.3) is 5.56 Å². The minimum absolute atomic E-state index is 0. The van der Waals surface area contributed by atoms with Crippen LogP contribution < -0.4 is 10.9 Å². The molecule has 0 amide bonds. The zero-order chi connectivity index (χ0) is 25.1. The van der Waals surface area contributed by atoms with E-state index in [1.165, 1.54) is 7.11 Å². The van der Waals surface area contributed by atoms with Crippen LogP contribution in [-0.2, 0) is 34.4 Å². The molecule has 0 spiro atoms. The summed E-state index contributed by atoms with van der Waals surface area (Å²) in [6, 6.07) is 7.13. The first kappa shape index (κ1) is 27.9. The van der Waals surface area contributed by atoms with Crippen LogP contribution in [-0.4, -0.2) is 57.7 Å². The SMILES string of the molecule is COC(C)C(NCc1ccc2c(c1)nc(-c1cc(C)c(=O)n(C)c1)n2CC1CCOCC1)C(=O)O.Cl. The van der Waals surface area contributed by atoms with E-state index in [9.17, 15) is 14.7 Å². The quantitative estimate of drug-likeness (QED) is 0.448. The van der Waals surface area contributed by atoms with Crippen LogP contribution in [0.2, 0.25) is 0 Å². The van der Waals surface area contributed by atoms with Crippen molar-refractivity contribution in [3.63, 3.8) is 0 Å². The van der Waals surface area contributed by atoms with Gasteiger partial charge in [0, 0.05) is 57.8 Å². The topological polar surface area (TPSA) is 108 Å². The van der Waals surface area contributed by atoms with Gasteiger partial charge in [-0.25, -0.2) is 4.98 Å². The third-order valence-corrected chi connectivity index (χ3v) is 6.85. The van der Waals surface area contributed by atoms with E-state index in [2.05, 4.69) is 9.88 Å². The summed E-state index contributed by atoms with van der Waals surface area (Å²) < 4.78 is 14.6. The largest absolute Gasteiger partial charge is 0.480 e. The summed E-state index contributed by atoms with van der Waals surface area (Å²) in [7, 11) is 3.26. The van der Waals surface area contributed by atoms with Crippen LogP contribution in [0.4, 0.5) is 0 Å². The van der Waals surface area contributed by atoms with Gasteiger partial charge in [0.05, 0.1) is 17.1 Å². The zero-order valence-electron chi connectivity index (χ0n) is 21.2. The van der Waals surface area contributed by atoms with E-state index >= 15 is 0 Å². The first-order valence-corrected chi connectivity index (χ1v) is 12.0. The van der Waals surface area contributed by atoms with E-state index in [4.69, 9.17) is 14.5 Å². The van der Waals surface area contributed by atoms with Crippen molar-refractivity contribution in [2.75, 3.05) is 20.3 Å². The van der Waals surface area contributed by atoms with E-state index in [1.807, 2.05) is 37.4 Å². The molecule has 36 heavy (non-hydrogen) atoms. The van der Waals surface area contributed by atoms with Crippen LogP contribution >= 0.6 is 12.4 Å². The van der Waals surface area contributed by atoms with Gasteiger partial charge in [-0.15, -0.1) is 12.4 Å². The summed E-state index contributed by atoms with van der Waals surface area (Å²) in [4.78, 5) is 28.9. The molecule has 3 heterocycles. The van der Waals surface area contributed by atoms with Gasteiger partial charge in [-0.2, -0.15) is 0 Å². The Kier molecular flexibility index (Phi) is 9.30. The molecule has 1 aliphatic rings. The molecular formula is C26H35ClN4O5. The number of benzene rings is 1. The number of nitrogens with zero attached hydrogens (tertiary/aromatic N) is 3. The standard InChI is InChI=1S/C26H34N4O5.ClH/c1-16-11-20(15-29(3)25(16)31)24-28-21-12-19(13-27-23(26(32)33)17(2)34-4)5-6-22(21)30(24)14-18-7-9-35-10-8-18;/h5-6,11-12,15,17-18,23,27H,7-10,13-14H2,1-4H3,(H,32,33);1H. The molecule has 1 aliphatic heterocycles. The third-order valence-electron chi connectivity index (χ3n) is 6.85. The molecule has 0 bridgehead atoms. The fraction of sp³-hybridized carbons (Fsp3) is 0.500. The zero-order valence-corrected chi connectivity index (χ0v) is 22.0. The van der Waals surface area contributed by atoms with Gasteiger partial charge in [-0.3, -0.25) is 14.9 Å². The number of ether oxygens (including phenoxy) is 2. The molecule has 1 saturated heterocycles. The van der Waals surface area contributed by atoms with Crippen LogP contribution in [0.3, 0.4) is 0 Å². The number of imidazole rings is 1. The van der Waals surface area contributed by atoms with Gasteiger partial charge in [0.1, 0.15) is 11.9 Å². The van der Waals surface area contributed by atoms with Crippen LogP contribution in [0.1, 0.15) is 30.9 Å². The average molecular weight is 519 g/mol. The summed E-state index contributed by atoms with van der Waals surface area (Å²) in [5.74, 6) is 0.363. The number of pyridine rings is 1. The first-order valence-electron chi connectivity index (χ1n) is 12.0. The normalized spacial score (nSPS) is 16.0. The molecule has 2 unspecified atom stereocenters. The Labute approximate surface area is 216 Å². The number of aromatic nitrogens is 3. The Hall–Kier alpha value is -2.72. The van der Waals surface area contributed by atoms with Gasteiger partial charge in [-0.05, 0) is 56.4 Å². The maximum absolute atomic E-state index is 12.3. The lowest BCUT2D eigenvalue weighted by molar-refractivity contribution is -0.142. The van der Waals surface area contributed by atoms with Crippen molar-refractivity contribution in [1.29, 1.82) is 0 Å². The Bertz CT molecular complexity index is 1240. The van der Waals surface area contributed by atoms with Crippen molar-refractivity contribution in [1.82, 2.24) is 19.4 Å². The van der Waals surface area contributed by atoms with Crippen molar-refractivity contribution in [2.24, 2.45) is 13.0 Å². The summed E-state index contributed by atoms with van der Waals surface area (Å²) in [5, 5.41) is 12.6. The number of carboxylic acid groups (broad SMARTS) is 1. The number of halogens is 1. The minimum atomic E-state index is -0.950. The number of carboxylic acids is 1. The highest BCUT2D eigenvalue weighted by Gasteiger charge is 2.24. The molecule has 2 aromatic heterocycles. The molecule has 1 aromatic carbocycles. The predicted octanol–water partition coefficient (Wildman–Crippen LogP) is 3.14. The fourth-order valence-corrected chi connectivity index (χ4v) is 4.70. The van der Waals surface area contributed by atoms with E-state index in [0.717, 1.165) is 60.6 Å². The van der Waals surface area contributed by atoms with Crippen molar-refractivity contribution in [3.8, 4) is 11.4 Å². The molecule has 9 nitrogen and oxygen atoms in total. The number of rotatable bonds is 9. The van der Waals surface area contributed by atoms with Crippen LogP contribution in [0.15, 0.2) is 35.3 Å². The Morgan fingerprint density at radius 1 is 1.31 bits per heavy atom. The number of nitrogens with one attached hydrogen (secondary N) is 1. The minimum Gasteiger partial charge on any atom is -0.480 e. The van der Waals surface area contributed by atoms with E-state index in [-0.39, 0.29) is 18.0 Å². The highest BCUT2D eigenvalue weighted by Crippen LogP contribution is 2.29. The second-order valence-electron chi connectivity index (χ2n) is 9.39. The Morgan fingerprint density at radius 3 is 2.67 bits per heavy atom. The van der Waals surface area contributed by atoms with Gasteiger partial charge in [0.2, 0.25) is 0 Å². The maximum atomic E-state index is 12.3. The highest BCUT2D eigenvalue weighted by atomic mass is 35.5. The third kappa shape index (κ3) is 5.98. The molecule has 2 atom stereocenters. The first-order chi connectivity index (χ1) is 16.8. The number of hydrogen-bond donors (Lipinski definition) is 2. The van der Waals surface area contributed by atoms with E-state index in [0.29, 0.717) is 18.0 Å². The molecule has 0 radical (unpaired) electrons. The lowest BCUT2D eigenvalue weighted by atomic mass is 10.00. The van der Waals surface area contributed by atoms with Crippen molar-refractivity contribution >= 4 is 29.4 Å². The molecule has 1 fully saturated rings. The second kappa shape index (κ2) is 12.0. The average Bonchev–Trinajstić information content (AvgIpc) is 3.20. The summed E-state index contributed by atoms with van der Waals surface area (Å²) in [5.41, 5.74) is 4.34. The molecule has 0 aliphatic carbocycles. The fourth-order valence-electron chi connectivity index (χ4n) is 4.70. The molecule has 3 aromatic rings. The molecule has 2 N–H and O–H groups in total. The Balaban J connectivity index is 0.00000361. The number of carbonyl (C=O) groups is 1. The highest BCUT2D eigenvalue weighted by molar-refractivity contribution is 5.85. The number of aliphatic carboxylic acids is 1. The summed E-state index contributed by atoms with van der Waals surface area (Å²) in [6.45, 7) is 6.29. The lowest BCUT2D eigenvalue weighted by Crippen LogP contribution is -2.45.